The van der Waals surface area contributed by atoms with Crippen LogP contribution in [0.4, 0.5) is 0 Å². The zero-order valence-electron chi connectivity index (χ0n) is 9.95. The summed E-state index contributed by atoms with van der Waals surface area (Å²) in [7, 11) is 0. The van der Waals surface area contributed by atoms with Crippen LogP contribution in [0.25, 0.3) is 5.52 Å². The average molecular weight is 338 g/mol. The molecule has 0 aliphatic rings. The molecule has 3 heterocycles. The second-order valence-corrected chi connectivity index (χ2v) is 5.98. The molecule has 5 nitrogen and oxygen atoms in total. The van der Waals surface area contributed by atoms with Gasteiger partial charge in [-0.25, -0.2) is 4.52 Å². The van der Waals surface area contributed by atoms with Crippen molar-refractivity contribution in [1.82, 2.24) is 20.0 Å². The lowest BCUT2D eigenvalue weighted by Gasteiger charge is -2.14. The van der Waals surface area contributed by atoms with Gasteiger partial charge in [-0.15, -0.1) is 11.3 Å². The summed E-state index contributed by atoms with van der Waals surface area (Å²) in [6.07, 6.45) is 7.99. The lowest BCUT2D eigenvalue weighted by Crippen LogP contribution is -2.29. The fourth-order valence-corrected chi connectivity index (χ4v) is 3.60. The van der Waals surface area contributed by atoms with E-state index >= 15 is 0 Å². The number of rotatable bonds is 4. The fraction of sp³-hybridized carbons (Fsp3) is 0.167. The number of nitrogens with zero attached hydrogens (tertiary/aromatic N) is 3. The van der Waals surface area contributed by atoms with E-state index in [-0.39, 0.29) is 6.04 Å². The molecule has 0 radical (unpaired) electrons. The Labute approximate surface area is 122 Å². The summed E-state index contributed by atoms with van der Waals surface area (Å²) in [6.45, 7) is 0. The molecule has 0 aliphatic carbocycles. The third-order valence-corrected chi connectivity index (χ3v) is 4.96. The van der Waals surface area contributed by atoms with Crippen LogP contribution in [0.15, 0.2) is 40.7 Å². The van der Waals surface area contributed by atoms with Crippen LogP contribution in [0.1, 0.15) is 16.5 Å². The number of nitrogens with one attached hydrogen (secondary N) is 1. The fourth-order valence-electron chi connectivity index (χ4n) is 2.04. The van der Waals surface area contributed by atoms with Gasteiger partial charge in [0.1, 0.15) is 0 Å². The quantitative estimate of drug-likeness (QED) is 0.566. The molecule has 3 aromatic heterocycles. The summed E-state index contributed by atoms with van der Waals surface area (Å²) in [5, 5.41) is 6.37. The molecule has 0 aromatic carbocycles. The summed E-state index contributed by atoms with van der Waals surface area (Å²) in [4.78, 5) is 5.40. The predicted octanol–water partition coefficient (Wildman–Crippen LogP) is 2.30. The van der Waals surface area contributed by atoms with Gasteiger partial charge >= 0.3 is 0 Å². The van der Waals surface area contributed by atoms with Crippen molar-refractivity contribution >= 4 is 32.8 Å². The van der Waals surface area contributed by atoms with Gasteiger partial charge in [0.15, 0.2) is 0 Å². The Hall–Kier alpha value is -1.28. The Morgan fingerprint density at radius 2 is 2.37 bits per heavy atom. The molecule has 0 saturated heterocycles. The number of nitrogens with two attached hydrogens (primary N) is 1. The van der Waals surface area contributed by atoms with Crippen molar-refractivity contribution in [3.63, 3.8) is 0 Å². The predicted molar refractivity (Wildman–Crippen MR) is 78.8 cm³/mol. The zero-order chi connectivity index (χ0) is 13.2. The number of thiophene rings is 1. The van der Waals surface area contributed by atoms with E-state index in [1.807, 2.05) is 18.5 Å². The Bertz CT molecular complexity index is 692. The van der Waals surface area contributed by atoms with E-state index in [4.69, 9.17) is 5.84 Å². The molecule has 3 rings (SSSR count). The van der Waals surface area contributed by atoms with Crippen LogP contribution < -0.4 is 11.3 Å². The van der Waals surface area contributed by atoms with Crippen LogP contribution in [0.3, 0.4) is 0 Å². The molecule has 0 saturated carbocycles. The third kappa shape index (κ3) is 2.42. The van der Waals surface area contributed by atoms with E-state index in [1.54, 1.807) is 28.2 Å². The maximum atomic E-state index is 5.70. The molecule has 0 amide bonds. The number of hydrogen-bond acceptors (Lipinski definition) is 5. The van der Waals surface area contributed by atoms with E-state index < -0.39 is 0 Å². The van der Waals surface area contributed by atoms with Crippen molar-refractivity contribution in [3.05, 3.63) is 51.1 Å². The number of fused-ring (bicyclic) bond motifs is 1. The zero-order valence-corrected chi connectivity index (χ0v) is 12.4. The normalized spacial score (nSPS) is 12.9. The molecule has 3 N–H and O–H groups in total. The van der Waals surface area contributed by atoms with Gasteiger partial charge in [-0.05, 0) is 27.4 Å². The summed E-state index contributed by atoms with van der Waals surface area (Å²) < 4.78 is 2.92. The van der Waals surface area contributed by atoms with E-state index in [1.165, 1.54) is 4.88 Å². The first-order valence-electron chi connectivity index (χ1n) is 5.75. The van der Waals surface area contributed by atoms with Crippen molar-refractivity contribution in [1.29, 1.82) is 0 Å². The van der Waals surface area contributed by atoms with E-state index in [2.05, 4.69) is 36.8 Å². The highest BCUT2D eigenvalue weighted by Gasteiger charge is 2.17. The van der Waals surface area contributed by atoms with Gasteiger partial charge in [-0.3, -0.25) is 16.3 Å². The smallest absolute Gasteiger partial charge is 0.0893 e. The van der Waals surface area contributed by atoms with Crippen LogP contribution in [0.2, 0.25) is 0 Å². The van der Waals surface area contributed by atoms with Gasteiger partial charge in [-0.1, -0.05) is 0 Å². The average Bonchev–Trinajstić information content (AvgIpc) is 3.03. The number of halogens is 1. The molecule has 7 heteroatoms. The first-order valence-corrected chi connectivity index (χ1v) is 7.42. The largest absolute Gasteiger partial charge is 0.271 e. The number of hydrazine groups is 1. The maximum absolute atomic E-state index is 5.70. The Kier molecular flexibility index (Phi) is 3.61. The molecule has 3 aromatic rings. The van der Waals surface area contributed by atoms with Gasteiger partial charge < -0.3 is 0 Å². The minimum atomic E-state index is 0.0108. The van der Waals surface area contributed by atoms with E-state index in [0.717, 1.165) is 22.0 Å². The standard InChI is InChI=1S/C12H12BrN5S/c13-9-1-4-19-12(9)5-10(17-14)8-6-16-18-3-2-15-7-11(8)18/h1-4,6-7,10,17H,5,14H2. The molecule has 0 spiro atoms. The summed E-state index contributed by atoms with van der Waals surface area (Å²) in [6, 6.07) is 2.06. The Balaban J connectivity index is 1.96. The molecule has 0 aliphatic heterocycles. The monoisotopic (exact) mass is 337 g/mol. The lowest BCUT2D eigenvalue weighted by atomic mass is 10.1. The van der Waals surface area contributed by atoms with Crippen molar-refractivity contribution in [2.45, 2.75) is 12.5 Å². The second-order valence-electron chi connectivity index (χ2n) is 4.12. The molecule has 0 bridgehead atoms. The van der Waals surface area contributed by atoms with Crippen LogP contribution in [-0.4, -0.2) is 14.6 Å². The van der Waals surface area contributed by atoms with Gasteiger partial charge in [0.2, 0.25) is 0 Å². The third-order valence-electron chi connectivity index (χ3n) is 3.01. The van der Waals surface area contributed by atoms with Gasteiger partial charge in [-0.2, -0.15) is 5.10 Å². The summed E-state index contributed by atoms with van der Waals surface area (Å²) in [5.74, 6) is 5.70. The minimum Gasteiger partial charge on any atom is -0.271 e. The molecule has 98 valence electrons. The molecular weight excluding hydrogens is 326 g/mol. The van der Waals surface area contributed by atoms with E-state index in [9.17, 15) is 0 Å². The number of hydrogen-bond donors (Lipinski definition) is 2. The van der Waals surface area contributed by atoms with Gasteiger partial charge in [0.25, 0.3) is 0 Å². The second kappa shape index (κ2) is 5.38. The van der Waals surface area contributed by atoms with Gasteiger partial charge in [0, 0.05) is 33.7 Å². The molecule has 1 unspecified atom stereocenters. The Morgan fingerprint density at radius 1 is 1.47 bits per heavy atom. The minimum absolute atomic E-state index is 0.0108. The van der Waals surface area contributed by atoms with Crippen LogP contribution in [0, 0.1) is 0 Å². The van der Waals surface area contributed by atoms with Gasteiger partial charge in [0.05, 0.1) is 24.0 Å². The number of aromatic nitrogens is 3. The first-order chi connectivity index (χ1) is 9.29. The molecule has 1 atom stereocenters. The topological polar surface area (TPSA) is 68.2 Å². The lowest BCUT2D eigenvalue weighted by molar-refractivity contribution is 0.558. The first kappa shape index (κ1) is 12.7. The summed E-state index contributed by atoms with van der Waals surface area (Å²) in [5.41, 5.74) is 4.89. The highest BCUT2D eigenvalue weighted by Crippen LogP contribution is 2.29. The van der Waals surface area contributed by atoms with Crippen molar-refractivity contribution in [2.75, 3.05) is 0 Å². The van der Waals surface area contributed by atoms with Crippen molar-refractivity contribution in [2.24, 2.45) is 5.84 Å². The maximum Gasteiger partial charge on any atom is 0.0893 e. The van der Waals surface area contributed by atoms with Crippen molar-refractivity contribution < 1.29 is 0 Å². The van der Waals surface area contributed by atoms with Crippen LogP contribution >= 0.6 is 27.3 Å². The molecule has 0 fully saturated rings. The Morgan fingerprint density at radius 3 is 3.11 bits per heavy atom. The molecular formula is C12H12BrN5S. The highest BCUT2D eigenvalue weighted by atomic mass is 79.9. The highest BCUT2D eigenvalue weighted by molar-refractivity contribution is 9.10. The van der Waals surface area contributed by atoms with Crippen molar-refractivity contribution in [3.8, 4) is 0 Å². The van der Waals surface area contributed by atoms with E-state index in [0.29, 0.717) is 0 Å². The van der Waals surface area contributed by atoms with Crippen LogP contribution in [0.5, 0.6) is 0 Å². The SMILES string of the molecule is NNC(Cc1sccc1Br)c1cnn2ccncc12. The summed E-state index contributed by atoms with van der Waals surface area (Å²) >= 11 is 5.26. The van der Waals surface area contributed by atoms with Crippen LogP contribution in [-0.2, 0) is 6.42 Å². The molecule has 19 heavy (non-hydrogen) atoms.